The lowest BCUT2D eigenvalue weighted by Gasteiger charge is -2.07. The Hall–Kier alpha value is -2.63. The Morgan fingerprint density at radius 1 is 1.12 bits per heavy atom. The van der Waals surface area contributed by atoms with Crippen molar-refractivity contribution in [3.8, 4) is 22.7 Å². The van der Waals surface area contributed by atoms with Crippen LogP contribution in [0.4, 0.5) is 0 Å². The highest BCUT2D eigenvalue weighted by Gasteiger charge is 2.12. The van der Waals surface area contributed by atoms with E-state index in [4.69, 9.17) is 9.84 Å². The summed E-state index contributed by atoms with van der Waals surface area (Å²) in [6.45, 7) is 2.95. The molecule has 0 saturated heterocycles. The Bertz CT molecular complexity index is 796. The average Bonchev–Trinajstić information content (AvgIpc) is 3.06. The number of methoxy groups -OCH3 is 1. The van der Waals surface area contributed by atoms with Gasteiger partial charge in [0.05, 0.1) is 24.6 Å². The number of nitrogens with one attached hydrogen (secondary N) is 1. The van der Waals surface area contributed by atoms with Gasteiger partial charge in [-0.2, -0.15) is 5.10 Å². The van der Waals surface area contributed by atoms with Gasteiger partial charge in [-0.05, 0) is 43.3 Å². The van der Waals surface area contributed by atoms with Gasteiger partial charge in [-0.25, -0.2) is 4.68 Å². The monoisotopic (exact) mass is 337 g/mol. The highest BCUT2D eigenvalue weighted by Crippen LogP contribution is 2.25. The van der Waals surface area contributed by atoms with E-state index in [1.165, 1.54) is 0 Å². The number of hydrogen-bond donors (Lipinski definition) is 2. The van der Waals surface area contributed by atoms with Gasteiger partial charge in [0, 0.05) is 30.4 Å². The summed E-state index contributed by atoms with van der Waals surface area (Å²) in [7, 11) is 1.66. The number of ether oxygens (including phenoxy) is 1. The molecule has 2 aromatic carbocycles. The molecule has 5 nitrogen and oxygen atoms in total. The fraction of sp³-hybridized carbons (Fsp3) is 0.250. The van der Waals surface area contributed by atoms with E-state index >= 15 is 0 Å². The van der Waals surface area contributed by atoms with Crippen LogP contribution in [0, 0.1) is 0 Å². The maximum atomic E-state index is 9.46. The first-order chi connectivity index (χ1) is 12.2. The van der Waals surface area contributed by atoms with E-state index < -0.39 is 0 Å². The minimum atomic E-state index is -0.381. The Balaban J connectivity index is 1.94. The van der Waals surface area contributed by atoms with Crippen LogP contribution in [0.2, 0.25) is 0 Å². The smallest absolute Gasteiger partial charge is 0.118 e. The molecule has 0 spiro atoms. The Morgan fingerprint density at radius 3 is 2.48 bits per heavy atom. The van der Waals surface area contributed by atoms with Crippen LogP contribution in [0.25, 0.3) is 16.9 Å². The molecule has 1 aromatic heterocycles. The molecule has 130 valence electrons. The van der Waals surface area contributed by atoms with Gasteiger partial charge in [-0.1, -0.05) is 18.2 Å². The standard InChI is InChI=1S/C20H23N3O2/c1-15(24)12-21-13-17-14-23(18-6-4-3-5-7-18)22-20(17)16-8-10-19(25-2)11-9-16/h3-11,14-15,21,24H,12-13H2,1-2H3. The first-order valence-corrected chi connectivity index (χ1v) is 8.34. The summed E-state index contributed by atoms with van der Waals surface area (Å²) in [5.74, 6) is 0.819. The largest absolute Gasteiger partial charge is 0.497 e. The van der Waals surface area contributed by atoms with Crippen molar-refractivity contribution in [1.29, 1.82) is 0 Å². The maximum absolute atomic E-state index is 9.46. The van der Waals surface area contributed by atoms with Crippen molar-refractivity contribution in [3.05, 3.63) is 66.4 Å². The fourth-order valence-corrected chi connectivity index (χ4v) is 2.66. The topological polar surface area (TPSA) is 59.3 Å². The Morgan fingerprint density at radius 2 is 1.84 bits per heavy atom. The van der Waals surface area contributed by atoms with Crippen molar-refractivity contribution in [2.75, 3.05) is 13.7 Å². The maximum Gasteiger partial charge on any atom is 0.118 e. The van der Waals surface area contributed by atoms with Crippen LogP contribution in [0.15, 0.2) is 60.8 Å². The third-order valence-electron chi connectivity index (χ3n) is 3.93. The molecule has 0 aliphatic rings. The van der Waals surface area contributed by atoms with Crippen molar-refractivity contribution >= 4 is 0 Å². The van der Waals surface area contributed by atoms with E-state index in [0.717, 1.165) is 28.3 Å². The number of para-hydroxylation sites is 1. The quantitative estimate of drug-likeness (QED) is 0.696. The van der Waals surface area contributed by atoms with Gasteiger partial charge < -0.3 is 15.2 Å². The van der Waals surface area contributed by atoms with Crippen LogP contribution in [-0.2, 0) is 6.54 Å². The molecule has 1 heterocycles. The lowest BCUT2D eigenvalue weighted by atomic mass is 10.1. The number of aromatic nitrogens is 2. The van der Waals surface area contributed by atoms with Gasteiger partial charge >= 0.3 is 0 Å². The second kappa shape index (κ2) is 7.96. The summed E-state index contributed by atoms with van der Waals surface area (Å²) in [4.78, 5) is 0. The summed E-state index contributed by atoms with van der Waals surface area (Å²) < 4.78 is 7.12. The molecule has 5 heteroatoms. The molecule has 0 aliphatic heterocycles. The minimum Gasteiger partial charge on any atom is -0.497 e. The molecule has 0 radical (unpaired) electrons. The molecule has 3 aromatic rings. The summed E-state index contributed by atoms with van der Waals surface area (Å²) in [5.41, 5.74) is 4.04. The molecule has 1 unspecified atom stereocenters. The Labute approximate surface area is 147 Å². The summed E-state index contributed by atoms with van der Waals surface area (Å²) in [6, 6.07) is 17.9. The number of aliphatic hydroxyl groups is 1. The predicted octanol–water partition coefficient (Wildman–Crippen LogP) is 3.02. The van der Waals surface area contributed by atoms with Gasteiger partial charge in [-0.15, -0.1) is 0 Å². The molecule has 0 aliphatic carbocycles. The first kappa shape index (κ1) is 17.2. The SMILES string of the molecule is COc1ccc(-c2nn(-c3ccccc3)cc2CNCC(C)O)cc1. The molecule has 0 fully saturated rings. The normalized spacial score (nSPS) is 12.1. The van der Waals surface area contributed by atoms with Gasteiger partial charge in [0.2, 0.25) is 0 Å². The number of aliphatic hydroxyl groups excluding tert-OH is 1. The van der Waals surface area contributed by atoms with Gasteiger partial charge in [0.1, 0.15) is 5.75 Å². The lowest BCUT2D eigenvalue weighted by Crippen LogP contribution is -2.23. The van der Waals surface area contributed by atoms with Crippen LogP contribution in [-0.4, -0.2) is 34.6 Å². The van der Waals surface area contributed by atoms with Crippen LogP contribution in [0.5, 0.6) is 5.75 Å². The van der Waals surface area contributed by atoms with E-state index in [1.54, 1.807) is 14.0 Å². The zero-order valence-corrected chi connectivity index (χ0v) is 14.5. The third kappa shape index (κ3) is 4.26. The predicted molar refractivity (Wildman–Crippen MR) is 98.9 cm³/mol. The van der Waals surface area contributed by atoms with Crippen molar-refractivity contribution in [3.63, 3.8) is 0 Å². The number of nitrogens with zero attached hydrogens (tertiary/aromatic N) is 2. The summed E-state index contributed by atoms with van der Waals surface area (Å²) in [6.07, 6.45) is 1.65. The van der Waals surface area contributed by atoms with Crippen LogP contribution < -0.4 is 10.1 Å². The van der Waals surface area contributed by atoms with Gasteiger partial charge in [-0.3, -0.25) is 0 Å². The van der Waals surface area contributed by atoms with Crippen LogP contribution in [0.1, 0.15) is 12.5 Å². The second-order valence-electron chi connectivity index (χ2n) is 5.99. The van der Waals surface area contributed by atoms with Crippen molar-refractivity contribution in [2.24, 2.45) is 0 Å². The van der Waals surface area contributed by atoms with E-state index in [1.807, 2.05) is 65.5 Å². The molecule has 1 atom stereocenters. The highest BCUT2D eigenvalue weighted by atomic mass is 16.5. The van der Waals surface area contributed by atoms with E-state index in [9.17, 15) is 5.11 Å². The molecule has 0 bridgehead atoms. The average molecular weight is 337 g/mol. The van der Waals surface area contributed by atoms with Crippen LogP contribution >= 0.6 is 0 Å². The summed E-state index contributed by atoms with van der Waals surface area (Å²) in [5, 5.41) is 17.5. The van der Waals surface area contributed by atoms with Crippen LogP contribution in [0.3, 0.4) is 0 Å². The fourth-order valence-electron chi connectivity index (χ4n) is 2.66. The number of rotatable bonds is 7. The zero-order valence-electron chi connectivity index (χ0n) is 14.5. The van der Waals surface area contributed by atoms with E-state index in [0.29, 0.717) is 13.1 Å². The molecular weight excluding hydrogens is 314 g/mol. The highest BCUT2D eigenvalue weighted by molar-refractivity contribution is 5.64. The number of hydrogen-bond acceptors (Lipinski definition) is 4. The molecule has 0 amide bonds. The van der Waals surface area contributed by atoms with Crippen molar-refractivity contribution in [2.45, 2.75) is 19.6 Å². The molecule has 3 rings (SSSR count). The van der Waals surface area contributed by atoms with E-state index in [2.05, 4.69) is 5.32 Å². The molecule has 2 N–H and O–H groups in total. The summed E-state index contributed by atoms with van der Waals surface area (Å²) >= 11 is 0. The first-order valence-electron chi connectivity index (χ1n) is 8.34. The number of benzene rings is 2. The zero-order chi connectivity index (χ0) is 17.6. The van der Waals surface area contributed by atoms with Crippen molar-refractivity contribution in [1.82, 2.24) is 15.1 Å². The third-order valence-corrected chi connectivity index (χ3v) is 3.93. The molecule has 0 saturated carbocycles. The Kier molecular flexibility index (Phi) is 5.48. The lowest BCUT2D eigenvalue weighted by molar-refractivity contribution is 0.191. The van der Waals surface area contributed by atoms with Gasteiger partial charge in [0.15, 0.2) is 0 Å². The molecular formula is C20H23N3O2. The van der Waals surface area contributed by atoms with E-state index in [-0.39, 0.29) is 6.10 Å². The molecule has 25 heavy (non-hydrogen) atoms. The minimum absolute atomic E-state index is 0.381. The second-order valence-corrected chi connectivity index (χ2v) is 5.99. The van der Waals surface area contributed by atoms with Gasteiger partial charge in [0.25, 0.3) is 0 Å². The van der Waals surface area contributed by atoms with Crippen molar-refractivity contribution < 1.29 is 9.84 Å².